The van der Waals surface area contributed by atoms with E-state index in [2.05, 4.69) is 22.1 Å². The van der Waals surface area contributed by atoms with E-state index in [1.54, 1.807) is 19.1 Å². The molecule has 11 heteroatoms. The molecular formula is C26H29ClN4O4S2. The summed E-state index contributed by atoms with van der Waals surface area (Å²) in [6, 6.07) is 5.43. The average molecular weight is 561 g/mol. The minimum Gasteiger partial charge on any atom is -0.485 e. The van der Waals surface area contributed by atoms with Crippen molar-refractivity contribution in [2.45, 2.75) is 57.8 Å². The molecule has 3 aromatic rings. The number of esters is 1. The van der Waals surface area contributed by atoms with Gasteiger partial charge in [0.1, 0.15) is 17.4 Å². The SMILES string of the molecule is C=CCn1c(COc2ccc(Cl)cc2C)nnc1SCC(=O)Nc1sc2c(c1C(=O)OCC)CCCC2. The Bertz CT molecular complexity index is 1300. The molecule has 0 fully saturated rings. The first kappa shape index (κ1) is 27.2. The monoisotopic (exact) mass is 560 g/mol. The molecule has 0 saturated carbocycles. The number of amides is 1. The first-order valence-electron chi connectivity index (χ1n) is 12.1. The molecule has 0 radical (unpaired) electrons. The van der Waals surface area contributed by atoms with Gasteiger partial charge in [-0.15, -0.1) is 28.1 Å². The fraction of sp³-hybridized carbons (Fsp3) is 0.385. The van der Waals surface area contributed by atoms with Gasteiger partial charge in [-0.25, -0.2) is 4.79 Å². The van der Waals surface area contributed by atoms with Gasteiger partial charge in [-0.2, -0.15) is 0 Å². The van der Waals surface area contributed by atoms with Gasteiger partial charge in [-0.3, -0.25) is 9.36 Å². The Morgan fingerprint density at radius 1 is 1.30 bits per heavy atom. The number of aryl methyl sites for hydroxylation is 2. The lowest BCUT2D eigenvalue weighted by molar-refractivity contribution is -0.113. The second kappa shape index (κ2) is 12.6. The van der Waals surface area contributed by atoms with E-state index < -0.39 is 0 Å². The van der Waals surface area contributed by atoms with Crippen molar-refractivity contribution in [3.63, 3.8) is 0 Å². The Morgan fingerprint density at radius 2 is 2.11 bits per heavy atom. The van der Waals surface area contributed by atoms with Crippen LogP contribution in [-0.4, -0.2) is 39.0 Å². The molecule has 0 bridgehead atoms. The minimum atomic E-state index is -0.379. The number of carbonyl (C=O) groups excluding carboxylic acids is 2. The van der Waals surface area contributed by atoms with Crippen LogP contribution in [0.3, 0.4) is 0 Å². The summed E-state index contributed by atoms with van der Waals surface area (Å²) in [6.07, 6.45) is 5.60. The number of hydrogen-bond acceptors (Lipinski definition) is 8. The molecule has 37 heavy (non-hydrogen) atoms. The number of hydrogen-bond donors (Lipinski definition) is 1. The third-order valence-electron chi connectivity index (χ3n) is 5.84. The van der Waals surface area contributed by atoms with Gasteiger partial charge in [0.2, 0.25) is 5.91 Å². The van der Waals surface area contributed by atoms with Crippen molar-refractivity contribution in [3.8, 4) is 5.75 Å². The fourth-order valence-electron chi connectivity index (χ4n) is 4.13. The number of anilines is 1. The molecule has 0 unspecified atom stereocenters. The molecule has 1 amide bonds. The second-order valence-electron chi connectivity index (χ2n) is 8.47. The van der Waals surface area contributed by atoms with Gasteiger partial charge < -0.3 is 14.8 Å². The first-order chi connectivity index (χ1) is 17.9. The third-order valence-corrected chi connectivity index (χ3v) is 8.24. The van der Waals surface area contributed by atoms with E-state index in [-0.39, 0.29) is 30.8 Å². The van der Waals surface area contributed by atoms with E-state index in [4.69, 9.17) is 21.1 Å². The number of nitrogens with one attached hydrogen (secondary N) is 1. The lowest BCUT2D eigenvalue weighted by Gasteiger charge is -2.12. The number of carbonyl (C=O) groups is 2. The van der Waals surface area contributed by atoms with Crippen LogP contribution in [0.15, 0.2) is 36.0 Å². The van der Waals surface area contributed by atoms with Crippen molar-refractivity contribution in [1.29, 1.82) is 0 Å². The van der Waals surface area contributed by atoms with Crippen molar-refractivity contribution in [2.75, 3.05) is 17.7 Å². The smallest absolute Gasteiger partial charge is 0.341 e. The fourth-order valence-corrected chi connectivity index (χ4v) is 6.41. The Morgan fingerprint density at radius 3 is 2.86 bits per heavy atom. The van der Waals surface area contributed by atoms with Gasteiger partial charge in [0.25, 0.3) is 0 Å². The van der Waals surface area contributed by atoms with Crippen molar-refractivity contribution >= 4 is 51.6 Å². The molecule has 8 nitrogen and oxygen atoms in total. The van der Waals surface area contributed by atoms with E-state index in [0.29, 0.717) is 38.9 Å². The zero-order valence-corrected chi connectivity index (χ0v) is 23.2. The Kier molecular flexibility index (Phi) is 9.28. The topological polar surface area (TPSA) is 95.3 Å². The summed E-state index contributed by atoms with van der Waals surface area (Å²) < 4.78 is 13.1. The lowest BCUT2D eigenvalue weighted by Crippen LogP contribution is -2.17. The van der Waals surface area contributed by atoms with Crippen LogP contribution >= 0.6 is 34.7 Å². The Labute approximate surface area is 229 Å². The van der Waals surface area contributed by atoms with E-state index in [0.717, 1.165) is 41.7 Å². The van der Waals surface area contributed by atoms with Crippen LogP contribution < -0.4 is 10.1 Å². The van der Waals surface area contributed by atoms with Crippen LogP contribution in [-0.2, 0) is 35.5 Å². The van der Waals surface area contributed by atoms with Gasteiger partial charge in [-0.1, -0.05) is 29.4 Å². The highest BCUT2D eigenvalue weighted by molar-refractivity contribution is 7.99. The Balaban J connectivity index is 1.43. The first-order valence-corrected chi connectivity index (χ1v) is 14.3. The predicted molar refractivity (Wildman–Crippen MR) is 147 cm³/mol. The van der Waals surface area contributed by atoms with Gasteiger partial charge in [-0.05, 0) is 68.9 Å². The molecule has 2 heterocycles. The zero-order valence-electron chi connectivity index (χ0n) is 20.8. The number of ether oxygens (including phenoxy) is 2. The molecule has 0 saturated heterocycles. The summed E-state index contributed by atoms with van der Waals surface area (Å²) in [5.74, 6) is 0.833. The quantitative estimate of drug-likeness (QED) is 0.178. The van der Waals surface area contributed by atoms with Crippen molar-refractivity contribution in [3.05, 3.63) is 63.3 Å². The van der Waals surface area contributed by atoms with E-state index >= 15 is 0 Å². The molecule has 1 N–H and O–H groups in total. The molecular weight excluding hydrogens is 532 g/mol. The van der Waals surface area contributed by atoms with E-state index in [1.807, 2.05) is 23.6 Å². The third kappa shape index (κ3) is 6.55. The van der Waals surface area contributed by atoms with Crippen molar-refractivity contribution in [1.82, 2.24) is 14.8 Å². The Hall–Kier alpha value is -2.82. The summed E-state index contributed by atoms with van der Waals surface area (Å²) in [6.45, 7) is 8.49. The van der Waals surface area contributed by atoms with Crippen molar-refractivity contribution in [2.24, 2.45) is 0 Å². The molecule has 4 rings (SSSR count). The van der Waals surface area contributed by atoms with E-state index in [9.17, 15) is 9.59 Å². The average Bonchev–Trinajstić information content (AvgIpc) is 3.43. The molecule has 2 aromatic heterocycles. The van der Waals surface area contributed by atoms with Crippen LogP contribution in [0.2, 0.25) is 5.02 Å². The number of allylic oxidation sites excluding steroid dienone is 1. The van der Waals surface area contributed by atoms with Crippen LogP contribution in [0.4, 0.5) is 5.00 Å². The molecule has 1 aliphatic carbocycles. The molecule has 1 aliphatic rings. The van der Waals surface area contributed by atoms with Gasteiger partial charge in [0.15, 0.2) is 11.0 Å². The lowest BCUT2D eigenvalue weighted by atomic mass is 9.95. The molecule has 1 aromatic carbocycles. The van der Waals surface area contributed by atoms with Crippen LogP contribution in [0.25, 0.3) is 0 Å². The normalized spacial score (nSPS) is 12.6. The van der Waals surface area contributed by atoms with Crippen LogP contribution in [0, 0.1) is 6.92 Å². The van der Waals surface area contributed by atoms with Crippen LogP contribution in [0.1, 0.15) is 52.0 Å². The summed E-state index contributed by atoms with van der Waals surface area (Å²) in [7, 11) is 0. The van der Waals surface area contributed by atoms with Crippen LogP contribution in [0.5, 0.6) is 5.75 Å². The number of rotatable bonds is 11. The number of benzene rings is 1. The van der Waals surface area contributed by atoms with E-state index in [1.165, 1.54) is 23.1 Å². The number of aromatic nitrogens is 3. The minimum absolute atomic E-state index is 0.108. The molecule has 196 valence electrons. The maximum Gasteiger partial charge on any atom is 0.341 e. The predicted octanol–water partition coefficient (Wildman–Crippen LogP) is 5.85. The molecule has 0 spiro atoms. The highest BCUT2D eigenvalue weighted by Gasteiger charge is 2.27. The molecule has 0 atom stereocenters. The number of thioether (sulfide) groups is 1. The maximum absolute atomic E-state index is 12.9. The van der Waals surface area contributed by atoms with Crippen molar-refractivity contribution < 1.29 is 19.1 Å². The number of thiophene rings is 1. The summed E-state index contributed by atoms with van der Waals surface area (Å²) in [4.78, 5) is 26.7. The summed E-state index contributed by atoms with van der Waals surface area (Å²) >= 11 is 8.77. The number of fused-ring (bicyclic) bond motifs is 1. The largest absolute Gasteiger partial charge is 0.485 e. The maximum atomic E-state index is 12.9. The van der Waals surface area contributed by atoms with Gasteiger partial charge in [0.05, 0.1) is 17.9 Å². The number of halogens is 1. The highest BCUT2D eigenvalue weighted by atomic mass is 35.5. The second-order valence-corrected chi connectivity index (χ2v) is 11.0. The summed E-state index contributed by atoms with van der Waals surface area (Å²) in [5, 5.41) is 13.3. The van der Waals surface area contributed by atoms with Gasteiger partial charge in [0, 0.05) is 16.4 Å². The molecule has 0 aliphatic heterocycles. The van der Waals surface area contributed by atoms with Gasteiger partial charge >= 0.3 is 5.97 Å². The zero-order chi connectivity index (χ0) is 26.4. The standard InChI is InChI=1S/C26H29ClN4O4S2/c1-4-12-31-21(14-35-19-11-10-17(27)13-16(19)3)29-30-26(31)36-15-22(32)28-24-23(25(33)34-5-2)18-8-6-7-9-20(18)37-24/h4,10-11,13H,1,5-9,12,14-15H2,2-3H3,(H,28,32). The number of nitrogens with zero attached hydrogens (tertiary/aromatic N) is 3. The summed E-state index contributed by atoms with van der Waals surface area (Å²) in [5.41, 5.74) is 2.45. The highest BCUT2D eigenvalue weighted by Crippen LogP contribution is 2.38.